The second-order valence-corrected chi connectivity index (χ2v) is 4.06. The van der Waals surface area contributed by atoms with Gasteiger partial charge < -0.3 is 5.32 Å². The number of anilines is 2. The number of carbonyl (C=O) groups excluding carboxylic acids is 2. The summed E-state index contributed by atoms with van der Waals surface area (Å²) >= 11 is 5.92. The number of hydrogen-bond donors (Lipinski definition) is 3. The lowest BCUT2D eigenvalue weighted by atomic mass is 10.2. The van der Waals surface area contributed by atoms with Gasteiger partial charge in [-0.2, -0.15) is 10.1 Å². The molecule has 0 radical (unpaired) electrons. The number of aromatic nitrogens is 3. The molecule has 1 heterocycles. The highest BCUT2D eigenvalue weighted by Gasteiger charge is 2.16. The first-order valence-electron chi connectivity index (χ1n) is 5.30. The number of nitrogens with one attached hydrogen (secondary N) is 3. The number of benzene rings is 1. The van der Waals surface area contributed by atoms with E-state index >= 15 is 0 Å². The Hall–Kier alpha value is -2.41. The molecule has 0 atom stereocenters. The monoisotopic (exact) mass is 279 g/mol. The van der Waals surface area contributed by atoms with Gasteiger partial charge in [-0.15, -0.1) is 0 Å². The maximum atomic E-state index is 11.7. The lowest BCUT2D eigenvalue weighted by Crippen LogP contribution is -2.29. The number of carbonyl (C=O) groups is 2. The number of halogens is 1. The standard InChI is InChI=1S/C11H10ClN5O2/c1-6-7(12)3-2-4-8(6)15-9(18)10(19)16-11-13-5-14-17-11/h2-5H,1H3,(H,15,18)(H2,13,14,16,17,19). The zero-order valence-corrected chi connectivity index (χ0v) is 10.7. The highest BCUT2D eigenvalue weighted by Crippen LogP contribution is 2.22. The SMILES string of the molecule is Cc1c(Cl)cccc1NC(=O)C(=O)Nc1ncn[nH]1. The largest absolute Gasteiger partial charge is 0.317 e. The van der Waals surface area contributed by atoms with E-state index in [1.165, 1.54) is 6.33 Å². The Bertz CT molecular complexity index is 612. The second-order valence-electron chi connectivity index (χ2n) is 3.65. The number of rotatable bonds is 2. The number of nitrogens with zero attached hydrogens (tertiary/aromatic N) is 2. The van der Waals surface area contributed by atoms with Crippen LogP contribution in [0.5, 0.6) is 0 Å². The summed E-state index contributed by atoms with van der Waals surface area (Å²) in [5, 5.41) is 11.2. The first-order valence-corrected chi connectivity index (χ1v) is 5.68. The van der Waals surface area contributed by atoms with Gasteiger partial charge in [0.15, 0.2) is 0 Å². The highest BCUT2D eigenvalue weighted by atomic mass is 35.5. The molecule has 0 aliphatic carbocycles. The molecule has 7 nitrogen and oxygen atoms in total. The van der Waals surface area contributed by atoms with Crippen molar-refractivity contribution < 1.29 is 9.59 Å². The Kier molecular flexibility index (Phi) is 3.76. The third-order valence-electron chi connectivity index (χ3n) is 2.37. The number of amides is 2. The van der Waals surface area contributed by atoms with Crippen LogP contribution in [0.15, 0.2) is 24.5 Å². The number of hydrogen-bond acceptors (Lipinski definition) is 4. The van der Waals surface area contributed by atoms with Crippen LogP contribution in [0.25, 0.3) is 0 Å². The fraction of sp³-hybridized carbons (Fsp3) is 0.0909. The average molecular weight is 280 g/mol. The third kappa shape index (κ3) is 3.08. The van der Waals surface area contributed by atoms with Crippen LogP contribution < -0.4 is 10.6 Å². The Morgan fingerprint density at radius 2 is 2.00 bits per heavy atom. The van der Waals surface area contributed by atoms with Crippen molar-refractivity contribution in [1.82, 2.24) is 15.2 Å². The average Bonchev–Trinajstić information content (AvgIpc) is 2.87. The molecule has 0 fully saturated rings. The minimum absolute atomic E-state index is 0.1000. The first-order chi connectivity index (χ1) is 9.08. The smallest absolute Gasteiger partial charge is 0.316 e. The summed E-state index contributed by atoms with van der Waals surface area (Å²) in [4.78, 5) is 26.9. The van der Waals surface area contributed by atoms with Gasteiger partial charge in [0, 0.05) is 10.7 Å². The van der Waals surface area contributed by atoms with Crippen LogP contribution in [-0.4, -0.2) is 27.0 Å². The molecule has 1 aromatic heterocycles. The fourth-order valence-electron chi connectivity index (χ4n) is 1.35. The summed E-state index contributed by atoms with van der Waals surface area (Å²) in [6.07, 6.45) is 1.22. The summed E-state index contributed by atoms with van der Waals surface area (Å²) in [5.41, 5.74) is 1.16. The summed E-state index contributed by atoms with van der Waals surface area (Å²) in [7, 11) is 0. The van der Waals surface area contributed by atoms with Gasteiger partial charge in [-0.3, -0.25) is 14.9 Å². The molecule has 2 amide bonds. The van der Waals surface area contributed by atoms with Gasteiger partial charge in [0.05, 0.1) is 0 Å². The fourth-order valence-corrected chi connectivity index (χ4v) is 1.53. The van der Waals surface area contributed by atoms with Crippen molar-refractivity contribution in [3.63, 3.8) is 0 Å². The van der Waals surface area contributed by atoms with Crippen LogP contribution in [0.2, 0.25) is 5.02 Å². The minimum Gasteiger partial charge on any atom is -0.317 e. The minimum atomic E-state index is -0.851. The van der Waals surface area contributed by atoms with E-state index in [0.29, 0.717) is 16.3 Å². The Labute approximate surface area is 113 Å². The van der Waals surface area contributed by atoms with Gasteiger partial charge in [0.2, 0.25) is 5.95 Å². The highest BCUT2D eigenvalue weighted by molar-refractivity contribution is 6.43. The molecule has 8 heteroatoms. The van der Waals surface area contributed by atoms with Crippen LogP contribution in [-0.2, 0) is 9.59 Å². The van der Waals surface area contributed by atoms with Crippen molar-refractivity contribution in [2.24, 2.45) is 0 Å². The molecule has 1 aromatic carbocycles. The van der Waals surface area contributed by atoms with E-state index in [4.69, 9.17) is 11.6 Å². The van der Waals surface area contributed by atoms with E-state index < -0.39 is 11.8 Å². The van der Waals surface area contributed by atoms with Crippen molar-refractivity contribution in [3.05, 3.63) is 35.1 Å². The van der Waals surface area contributed by atoms with Crippen LogP contribution in [0, 0.1) is 6.92 Å². The van der Waals surface area contributed by atoms with E-state index in [9.17, 15) is 9.59 Å². The normalized spacial score (nSPS) is 10.0. The molecule has 3 N–H and O–H groups in total. The zero-order valence-electron chi connectivity index (χ0n) is 9.90. The maximum Gasteiger partial charge on any atom is 0.316 e. The van der Waals surface area contributed by atoms with Crippen molar-refractivity contribution >= 4 is 35.1 Å². The summed E-state index contributed by atoms with van der Waals surface area (Å²) in [6.45, 7) is 1.74. The predicted molar refractivity (Wildman–Crippen MR) is 69.8 cm³/mol. The molecule has 2 aromatic rings. The van der Waals surface area contributed by atoms with Gasteiger partial charge in [0.1, 0.15) is 6.33 Å². The van der Waals surface area contributed by atoms with E-state index in [1.54, 1.807) is 25.1 Å². The van der Waals surface area contributed by atoms with Crippen molar-refractivity contribution in [3.8, 4) is 0 Å². The second kappa shape index (κ2) is 5.49. The Morgan fingerprint density at radius 3 is 2.68 bits per heavy atom. The van der Waals surface area contributed by atoms with Crippen molar-refractivity contribution in [1.29, 1.82) is 0 Å². The summed E-state index contributed by atoms with van der Waals surface area (Å²) in [5.74, 6) is -1.57. The molecule has 0 bridgehead atoms. The summed E-state index contributed by atoms with van der Waals surface area (Å²) < 4.78 is 0. The van der Waals surface area contributed by atoms with E-state index in [2.05, 4.69) is 25.8 Å². The maximum absolute atomic E-state index is 11.7. The molecule has 2 rings (SSSR count). The number of H-pyrrole nitrogens is 1. The van der Waals surface area contributed by atoms with Gasteiger partial charge >= 0.3 is 11.8 Å². The Morgan fingerprint density at radius 1 is 1.26 bits per heavy atom. The van der Waals surface area contributed by atoms with Crippen LogP contribution in [0.3, 0.4) is 0 Å². The van der Waals surface area contributed by atoms with Crippen LogP contribution in [0.4, 0.5) is 11.6 Å². The topological polar surface area (TPSA) is 99.8 Å². The van der Waals surface area contributed by atoms with Crippen molar-refractivity contribution in [2.75, 3.05) is 10.6 Å². The van der Waals surface area contributed by atoms with Crippen LogP contribution in [0.1, 0.15) is 5.56 Å². The molecule has 19 heavy (non-hydrogen) atoms. The van der Waals surface area contributed by atoms with Crippen LogP contribution >= 0.6 is 11.6 Å². The first kappa shape index (κ1) is 13.0. The van der Waals surface area contributed by atoms with E-state index in [0.717, 1.165) is 0 Å². The molecule has 0 unspecified atom stereocenters. The molecular formula is C11H10ClN5O2. The van der Waals surface area contributed by atoms with Gasteiger partial charge in [-0.05, 0) is 24.6 Å². The molecule has 0 saturated carbocycles. The summed E-state index contributed by atoms with van der Waals surface area (Å²) in [6, 6.07) is 5.03. The molecular weight excluding hydrogens is 270 g/mol. The zero-order chi connectivity index (χ0) is 13.8. The number of aromatic amines is 1. The Balaban J connectivity index is 2.04. The molecule has 98 valence electrons. The van der Waals surface area contributed by atoms with E-state index in [-0.39, 0.29) is 5.95 Å². The molecule has 0 aliphatic rings. The molecule has 0 saturated heterocycles. The van der Waals surface area contributed by atoms with Crippen molar-refractivity contribution in [2.45, 2.75) is 6.92 Å². The lowest BCUT2D eigenvalue weighted by Gasteiger charge is -2.08. The molecule has 0 aliphatic heterocycles. The van der Waals surface area contributed by atoms with E-state index in [1.807, 2.05) is 0 Å². The predicted octanol–water partition coefficient (Wildman–Crippen LogP) is 1.34. The van der Waals surface area contributed by atoms with Gasteiger partial charge in [-0.25, -0.2) is 5.10 Å². The lowest BCUT2D eigenvalue weighted by molar-refractivity contribution is -0.133. The van der Waals surface area contributed by atoms with Gasteiger partial charge in [-0.1, -0.05) is 17.7 Å². The third-order valence-corrected chi connectivity index (χ3v) is 2.78. The van der Waals surface area contributed by atoms with Gasteiger partial charge in [0.25, 0.3) is 0 Å². The quantitative estimate of drug-likeness (QED) is 0.722. The molecule has 0 spiro atoms.